The van der Waals surface area contributed by atoms with Crippen molar-refractivity contribution < 1.29 is 0 Å². The second-order valence-electron chi connectivity index (χ2n) is 6.15. The zero-order chi connectivity index (χ0) is 18.1. The van der Waals surface area contributed by atoms with Crippen LogP contribution in [-0.2, 0) is 20.0 Å². The lowest BCUT2D eigenvalue weighted by Gasteiger charge is -2.05. The normalized spacial score (nSPS) is 11.2. The molecule has 4 rings (SSSR count). The molecule has 3 heterocycles. The number of hydrogen-bond acceptors (Lipinski definition) is 5. The zero-order valence-corrected chi connectivity index (χ0v) is 16.1. The van der Waals surface area contributed by atoms with Gasteiger partial charge in [-0.1, -0.05) is 33.3 Å². The molecule has 0 aliphatic carbocycles. The highest BCUT2D eigenvalue weighted by molar-refractivity contribution is 9.10. The van der Waals surface area contributed by atoms with E-state index in [4.69, 9.17) is 0 Å². The number of aromatic nitrogens is 6. The minimum absolute atomic E-state index is 0.727. The highest BCUT2D eigenvalue weighted by Crippen LogP contribution is 2.21. The summed E-state index contributed by atoms with van der Waals surface area (Å²) >= 11 is 3.51. The molecule has 26 heavy (non-hydrogen) atoms. The van der Waals surface area contributed by atoms with Gasteiger partial charge in [-0.25, -0.2) is 9.67 Å². The quantitative estimate of drug-likeness (QED) is 0.546. The first-order valence-corrected chi connectivity index (χ1v) is 9.04. The molecule has 0 amide bonds. The van der Waals surface area contributed by atoms with Crippen molar-refractivity contribution >= 4 is 32.9 Å². The summed E-state index contributed by atoms with van der Waals surface area (Å²) in [6.45, 7) is 0.734. The first-order chi connectivity index (χ1) is 12.6. The number of hydrogen-bond donors (Lipinski definition) is 1. The largest absolute Gasteiger partial charge is 0.373 e. The summed E-state index contributed by atoms with van der Waals surface area (Å²) in [5.41, 5.74) is 5.00. The van der Waals surface area contributed by atoms with E-state index in [1.54, 1.807) is 4.68 Å². The number of halogens is 1. The van der Waals surface area contributed by atoms with Gasteiger partial charge in [-0.15, -0.1) is 5.10 Å². The van der Waals surface area contributed by atoms with Crippen molar-refractivity contribution in [2.45, 2.75) is 13.0 Å². The van der Waals surface area contributed by atoms with Gasteiger partial charge in [-0.2, -0.15) is 5.10 Å². The van der Waals surface area contributed by atoms with E-state index < -0.39 is 0 Å². The van der Waals surface area contributed by atoms with E-state index in [1.807, 2.05) is 43.2 Å². The molecule has 0 saturated carbocycles. The molecule has 0 atom stereocenters. The molecular weight excluding hydrogens is 394 g/mol. The lowest BCUT2D eigenvalue weighted by Crippen LogP contribution is -2.00. The maximum atomic E-state index is 4.53. The van der Waals surface area contributed by atoms with Gasteiger partial charge in [0, 0.05) is 31.2 Å². The van der Waals surface area contributed by atoms with Crippen molar-refractivity contribution in [2.75, 3.05) is 12.4 Å². The number of anilines is 1. The molecule has 132 valence electrons. The average Bonchev–Trinajstić information content (AvgIpc) is 3.22. The maximum absolute atomic E-state index is 4.53. The summed E-state index contributed by atoms with van der Waals surface area (Å²) in [6.07, 6.45) is 4.70. The van der Waals surface area contributed by atoms with Crippen LogP contribution in [0.25, 0.3) is 11.2 Å². The SMILES string of the molecule is CNc1cc(Cc2cnn(Cc3cccc(Br)c3)c2)c2nnn(C)c2n1. The van der Waals surface area contributed by atoms with E-state index in [0.29, 0.717) is 0 Å². The van der Waals surface area contributed by atoms with E-state index >= 15 is 0 Å². The highest BCUT2D eigenvalue weighted by atomic mass is 79.9. The molecule has 0 unspecified atom stereocenters. The molecule has 1 aromatic carbocycles. The van der Waals surface area contributed by atoms with Crippen molar-refractivity contribution in [1.29, 1.82) is 0 Å². The summed E-state index contributed by atoms with van der Waals surface area (Å²) in [5, 5.41) is 16.0. The Morgan fingerprint density at radius 2 is 2.08 bits per heavy atom. The van der Waals surface area contributed by atoms with Gasteiger partial charge in [-0.05, 0) is 34.9 Å². The summed E-state index contributed by atoms with van der Waals surface area (Å²) in [5.74, 6) is 0.805. The molecule has 3 aromatic heterocycles. The van der Waals surface area contributed by atoms with Crippen LogP contribution in [0.15, 0.2) is 47.2 Å². The van der Waals surface area contributed by atoms with Crippen LogP contribution in [0.3, 0.4) is 0 Å². The number of pyridine rings is 1. The number of aryl methyl sites for hydroxylation is 1. The van der Waals surface area contributed by atoms with Crippen molar-refractivity contribution in [3.8, 4) is 0 Å². The van der Waals surface area contributed by atoms with Gasteiger partial charge >= 0.3 is 0 Å². The number of rotatable bonds is 5. The maximum Gasteiger partial charge on any atom is 0.180 e. The van der Waals surface area contributed by atoms with E-state index in [-0.39, 0.29) is 0 Å². The van der Waals surface area contributed by atoms with E-state index in [1.165, 1.54) is 5.56 Å². The summed E-state index contributed by atoms with van der Waals surface area (Å²) in [7, 11) is 3.71. The number of nitrogens with one attached hydrogen (secondary N) is 1. The summed E-state index contributed by atoms with van der Waals surface area (Å²) in [4.78, 5) is 4.53. The standard InChI is InChI=1S/C18H18BrN7/c1-20-16-8-14(17-18(22-16)25(2)24-23-17)6-13-9-21-26(11-13)10-12-4-3-5-15(19)7-12/h3-5,7-9,11H,6,10H2,1-2H3,(H,20,22). The van der Waals surface area contributed by atoms with Gasteiger partial charge in [-0.3, -0.25) is 4.68 Å². The van der Waals surface area contributed by atoms with Gasteiger partial charge in [0.25, 0.3) is 0 Å². The van der Waals surface area contributed by atoms with Gasteiger partial charge in [0.1, 0.15) is 11.3 Å². The van der Waals surface area contributed by atoms with Crippen LogP contribution in [-0.4, -0.2) is 36.8 Å². The first kappa shape index (κ1) is 16.7. The fraction of sp³-hybridized carbons (Fsp3) is 0.222. The van der Waals surface area contributed by atoms with Crippen LogP contribution in [0, 0.1) is 0 Å². The van der Waals surface area contributed by atoms with Gasteiger partial charge in [0.2, 0.25) is 0 Å². The number of benzene rings is 1. The van der Waals surface area contributed by atoms with Crippen molar-refractivity contribution in [3.05, 3.63) is 63.9 Å². The third-order valence-electron chi connectivity index (χ3n) is 4.21. The minimum atomic E-state index is 0.727. The Balaban J connectivity index is 1.60. The first-order valence-electron chi connectivity index (χ1n) is 8.25. The molecule has 8 heteroatoms. The number of fused-ring (bicyclic) bond motifs is 1. The Hall–Kier alpha value is -2.74. The molecule has 0 aliphatic heterocycles. The molecule has 0 radical (unpaired) electrons. The van der Waals surface area contributed by atoms with Crippen LogP contribution < -0.4 is 5.32 Å². The fourth-order valence-corrected chi connectivity index (χ4v) is 3.40. The van der Waals surface area contributed by atoms with Gasteiger partial charge in [0.15, 0.2) is 5.65 Å². The second-order valence-corrected chi connectivity index (χ2v) is 7.07. The summed E-state index contributed by atoms with van der Waals surface area (Å²) < 4.78 is 4.71. The van der Waals surface area contributed by atoms with E-state index in [0.717, 1.165) is 45.5 Å². The Morgan fingerprint density at radius 3 is 2.88 bits per heavy atom. The molecule has 0 saturated heterocycles. The minimum Gasteiger partial charge on any atom is -0.373 e. The molecule has 0 spiro atoms. The van der Waals surface area contributed by atoms with Crippen LogP contribution in [0.4, 0.5) is 5.82 Å². The lowest BCUT2D eigenvalue weighted by molar-refractivity contribution is 0.686. The zero-order valence-electron chi connectivity index (χ0n) is 14.5. The Kier molecular flexibility index (Phi) is 4.42. The van der Waals surface area contributed by atoms with Crippen LogP contribution in [0.2, 0.25) is 0 Å². The Morgan fingerprint density at radius 1 is 1.19 bits per heavy atom. The topological polar surface area (TPSA) is 73.5 Å². The van der Waals surface area contributed by atoms with E-state index in [2.05, 4.69) is 60.0 Å². The number of nitrogens with zero attached hydrogens (tertiary/aromatic N) is 6. The third kappa shape index (κ3) is 3.32. The van der Waals surface area contributed by atoms with Crippen molar-refractivity contribution in [3.63, 3.8) is 0 Å². The average molecular weight is 412 g/mol. The van der Waals surface area contributed by atoms with Crippen molar-refractivity contribution in [2.24, 2.45) is 7.05 Å². The highest BCUT2D eigenvalue weighted by Gasteiger charge is 2.12. The van der Waals surface area contributed by atoms with Gasteiger partial charge in [0.05, 0.1) is 12.7 Å². The van der Waals surface area contributed by atoms with Crippen molar-refractivity contribution in [1.82, 2.24) is 29.8 Å². The molecule has 0 aliphatic rings. The van der Waals surface area contributed by atoms with Gasteiger partial charge < -0.3 is 5.32 Å². The van der Waals surface area contributed by atoms with E-state index in [9.17, 15) is 0 Å². The molecule has 4 aromatic rings. The Bertz CT molecular complexity index is 1070. The molecule has 0 bridgehead atoms. The van der Waals surface area contributed by atoms with Crippen LogP contribution in [0.1, 0.15) is 16.7 Å². The second kappa shape index (κ2) is 6.87. The monoisotopic (exact) mass is 411 g/mol. The van der Waals surface area contributed by atoms with Crippen LogP contribution in [0.5, 0.6) is 0 Å². The fourth-order valence-electron chi connectivity index (χ4n) is 2.95. The predicted molar refractivity (Wildman–Crippen MR) is 104 cm³/mol. The molecule has 7 nitrogen and oxygen atoms in total. The molecule has 1 N–H and O–H groups in total. The Labute approximate surface area is 159 Å². The van der Waals surface area contributed by atoms with Crippen LogP contribution >= 0.6 is 15.9 Å². The molecule has 0 fully saturated rings. The summed E-state index contributed by atoms with van der Waals surface area (Å²) in [6, 6.07) is 10.3. The lowest BCUT2D eigenvalue weighted by atomic mass is 10.1. The predicted octanol–water partition coefficient (Wildman–Crippen LogP) is 3.00. The smallest absolute Gasteiger partial charge is 0.180 e. The third-order valence-corrected chi connectivity index (χ3v) is 4.70. The molecular formula is C18H18BrN7.